The molecule has 1 aromatic heterocycles. The van der Waals surface area contributed by atoms with Crippen LogP contribution >= 0.6 is 0 Å². The fourth-order valence-electron chi connectivity index (χ4n) is 2.58. The molecule has 1 atom stereocenters. The summed E-state index contributed by atoms with van der Waals surface area (Å²) in [6.45, 7) is 7.36. The second-order valence-corrected chi connectivity index (χ2v) is 5.22. The normalized spacial score (nSPS) is 17.9. The Kier molecular flexibility index (Phi) is 3.01. The van der Waals surface area contributed by atoms with Crippen molar-refractivity contribution in [3.63, 3.8) is 0 Å². The van der Waals surface area contributed by atoms with E-state index in [1.54, 1.807) is 0 Å². The van der Waals surface area contributed by atoms with Crippen molar-refractivity contribution in [1.29, 1.82) is 0 Å². The van der Waals surface area contributed by atoms with Gasteiger partial charge in [-0.2, -0.15) is 10.1 Å². The lowest BCUT2D eigenvalue weighted by atomic mass is 9.98. The Morgan fingerprint density at radius 1 is 1.32 bits per heavy atom. The molecule has 0 amide bonds. The highest BCUT2D eigenvalue weighted by molar-refractivity contribution is 5.36. The molecule has 100 valence electrons. The van der Waals surface area contributed by atoms with E-state index >= 15 is 0 Å². The molecule has 0 radical (unpaired) electrons. The fraction of sp³-hybridized carbons (Fsp3) is 0.467. The van der Waals surface area contributed by atoms with Crippen molar-refractivity contribution in [2.45, 2.75) is 39.7 Å². The minimum Gasteiger partial charge on any atom is -0.354 e. The smallest absolute Gasteiger partial charge is 0.221 e. The molecule has 2 aromatic rings. The molecule has 4 nitrogen and oxygen atoms in total. The Morgan fingerprint density at radius 3 is 2.89 bits per heavy atom. The van der Waals surface area contributed by atoms with Gasteiger partial charge < -0.3 is 5.32 Å². The van der Waals surface area contributed by atoms with Crippen LogP contribution in [0.4, 0.5) is 5.95 Å². The molecule has 1 aliphatic heterocycles. The van der Waals surface area contributed by atoms with Crippen molar-refractivity contribution in [2.24, 2.45) is 0 Å². The van der Waals surface area contributed by atoms with Crippen molar-refractivity contribution in [3.8, 4) is 0 Å². The van der Waals surface area contributed by atoms with Gasteiger partial charge in [0.15, 0.2) is 5.82 Å². The number of aromatic nitrogens is 3. The molecule has 1 aromatic carbocycles. The van der Waals surface area contributed by atoms with Crippen molar-refractivity contribution in [1.82, 2.24) is 14.8 Å². The Bertz CT molecular complexity index is 600. The van der Waals surface area contributed by atoms with Crippen LogP contribution < -0.4 is 5.32 Å². The van der Waals surface area contributed by atoms with Crippen LogP contribution in [0.5, 0.6) is 0 Å². The van der Waals surface area contributed by atoms with E-state index in [-0.39, 0.29) is 0 Å². The van der Waals surface area contributed by atoms with Gasteiger partial charge in [0.05, 0.1) is 6.04 Å². The molecule has 0 saturated carbocycles. The Labute approximate surface area is 113 Å². The van der Waals surface area contributed by atoms with Gasteiger partial charge in [-0.25, -0.2) is 4.68 Å². The molecule has 3 rings (SSSR count). The van der Waals surface area contributed by atoms with Gasteiger partial charge in [0.25, 0.3) is 0 Å². The molecule has 0 aliphatic carbocycles. The predicted molar refractivity (Wildman–Crippen MR) is 76.6 cm³/mol. The minimum absolute atomic E-state index is 0.309. The molecule has 4 heteroatoms. The topological polar surface area (TPSA) is 42.7 Å². The quantitative estimate of drug-likeness (QED) is 0.898. The number of anilines is 1. The highest BCUT2D eigenvalue weighted by Crippen LogP contribution is 2.29. The van der Waals surface area contributed by atoms with E-state index in [2.05, 4.69) is 54.4 Å². The van der Waals surface area contributed by atoms with Gasteiger partial charge in [-0.1, -0.05) is 25.1 Å². The van der Waals surface area contributed by atoms with Gasteiger partial charge in [0, 0.05) is 13.0 Å². The van der Waals surface area contributed by atoms with Crippen molar-refractivity contribution in [3.05, 3.63) is 40.7 Å². The number of fused-ring (bicyclic) bond motifs is 1. The average molecular weight is 256 g/mol. The minimum atomic E-state index is 0.309. The van der Waals surface area contributed by atoms with Crippen LogP contribution in [0.25, 0.3) is 0 Å². The van der Waals surface area contributed by atoms with E-state index in [4.69, 9.17) is 0 Å². The average Bonchev–Trinajstić information content (AvgIpc) is 2.85. The van der Waals surface area contributed by atoms with Crippen LogP contribution in [0, 0.1) is 13.8 Å². The lowest BCUT2D eigenvalue weighted by Crippen LogP contribution is -2.24. The maximum atomic E-state index is 4.62. The molecular weight excluding hydrogens is 236 g/mol. The maximum Gasteiger partial charge on any atom is 0.221 e. The third kappa shape index (κ3) is 2.11. The second-order valence-electron chi connectivity index (χ2n) is 5.22. The van der Waals surface area contributed by atoms with E-state index in [0.717, 1.165) is 31.2 Å². The monoisotopic (exact) mass is 256 g/mol. The van der Waals surface area contributed by atoms with E-state index < -0.39 is 0 Å². The largest absolute Gasteiger partial charge is 0.354 e. The van der Waals surface area contributed by atoms with Gasteiger partial charge in [0.2, 0.25) is 5.95 Å². The Morgan fingerprint density at radius 2 is 2.16 bits per heavy atom. The predicted octanol–water partition coefficient (Wildman–Crippen LogP) is 2.86. The summed E-state index contributed by atoms with van der Waals surface area (Å²) in [7, 11) is 0. The van der Waals surface area contributed by atoms with Crippen LogP contribution in [-0.4, -0.2) is 21.3 Å². The summed E-state index contributed by atoms with van der Waals surface area (Å²) >= 11 is 0. The molecule has 0 spiro atoms. The van der Waals surface area contributed by atoms with E-state index in [0.29, 0.717) is 6.04 Å². The van der Waals surface area contributed by atoms with E-state index in [1.165, 1.54) is 16.7 Å². The highest BCUT2D eigenvalue weighted by atomic mass is 15.4. The third-order valence-corrected chi connectivity index (χ3v) is 3.90. The summed E-state index contributed by atoms with van der Waals surface area (Å²) in [6, 6.07) is 7.00. The lowest BCUT2D eigenvalue weighted by molar-refractivity contribution is 0.477. The lowest BCUT2D eigenvalue weighted by Gasteiger charge is -2.25. The van der Waals surface area contributed by atoms with Crippen LogP contribution in [0.1, 0.15) is 41.9 Å². The maximum absolute atomic E-state index is 4.62. The molecule has 1 unspecified atom stereocenters. The first kappa shape index (κ1) is 12.2. The first-order chi connectivity index (χ1) is 9.19. The summed E-state index contributed by atoms with van der Waals surface area (Å²) < 4.78 is 2.05. The van der Waals surface area contributed by atoms with Crippen molar-refractivity contribution in [2.75, 3.05) is 11.9 Å². The van der Waals surface area contributed by atoms with Crippen LogP contribution in [0.15, 0.2) is 18.2 Å². The number of nitrogens with one attached hydrogen (secondary N) is 1. The fourth-order valence-corrected chi connectivity index (χ4v) is 2.58. The number of rotatable bonds is 2. The van der Waals surface area contributed by atoms with Crippen LogP contribution in [-0.2, 0) is 6.42 Å². The number of benzene rings is 1. The zero-order valence-corrected chi connectivity index (χ0v) is 11.8. The molecular formula is C15H20N4. The molecule has 0 saturated heterocycles. The van der Waals surface area contributed by atoms with Gasteiger partial charge >= 0.3 is 0 Å². The summed E-state index contributed by atoms with van der Waals surface area (Å²) in [5, 5.41) is 7.95. The first-order valence-corrected chi connectivity index (χ1v) is 6.95. The summed E-state index contributed by atoms with van der Waals surface area (Å²) in [5.74, 6) is 1.82. The van der Waals surface area contributed by atoms with Crippen LogP contribution in [0.2, 0.25) is 0 Å². The molecule has 0 bridgehead atoms. The standard InChI is InChI=1S/C15H20N4/c1-4-14-17-15-16-8-7-13(19(15)18-14)12-6-5-10(2)11(3)9-12/h5-6,9,13H,4,7-8H2,1-3H3,(H,16,17,18). The molecule has 0 fully saturated rings. The van der Waals surface area contributed by atoms with Crippen LogP contribution in [0.3, 0.4) is 0 Å². The van der Waals surface area contributed by atoms with Gasteiger partial charge in [-0.15, -0.1) is 0 Å². The molecule has 1 N–H and O–H groups in total. The van der Waals surface area contributed by atoms with Gasteiger partial charge in [-0.3, -0.25) is 0 Å². The summed E-state index contributed by atoms with van der Waals surface area (Å²) in [4.78, 5) is 4.53. The zero-order valence-electron chi connectivity index (χ0n) is 11.8. The van der Waals surface area contributed by atoms with Crippen molar-refractivity contribution >= 4 is 5.95 Å². The Hall–Kier alpha value is -1.84. The van der Waals surface area contributed by atoms with E-state index in [9.17, 15) is 0 Å². The number of aryl methyl sites for hydroxylation is 3. The molecule has 1 aliphatic rings. The number of hydrogen-bond donors (Lipinski definition) is 1. The van der Waals surface area contributed by atoms with Gasteiger partial charge in [-0.05, 0) is 37.0 Å². The molecule has 2 heterocycles. The summed E-state index contributed by atoms with van der Waals surface area (Å²) in [6.07, 6.45) is 1.93. The first-order valence-electron chi connectivity index (χ1n) is 6.95. The zero-order chi connectivity index (χ0) is 13.4. The summed E-state index contributed by atoms with van der Waals surface area (Å²) in [5.41, 5.74) is 4.01. The van der Waals surface area contributed by atoms with Gasteiger partial charge in [0.1, 0.15) is 0 Å². The highest BCUT2D eigenvalue weighted by Gasteiger charge is 2.24. The Balaban J connectivity index is 2.02. The van der Waals surface area contributed by atoms with Crippen molar-refractivity contribution < 1.29 is 0 Å². The molecule has 19 heavy (non-hydrogen) atoms. The SMILES string of the molecule is CCc1nc2n(n1)C(c1ccc(C)c(C)c1)CCN2. The second kappa shape index (κ2) is 4.68. The third-order valence-electron chi connectivity index (χ3n) is 3.90. The van der Waals surface area contributed by atoms with E-state index in [1.807, 2.05) is 4.68 Å². The number of nitrogens with zero attached hydrogens (tertiary/aromatic N) is 3. The number of hydrogen-bond acceptors (Lipinski definition) is 3.